The minimum Gasteiger partial charge on any atom is -0.352 e. The van der Waals surface area contributed by atoms with Crippen LogP contribution in [-0.4, -0.2) is 48.4 Å². The van der Waals surface area contributed by atoms with E-state index in [9.17, 15) is 9.59 Å². The highest BCUT2D eigenvalue weighted by Crippen LogP contribution is 2.29. The highest BCUT2D eigenvalue weighted by molar-refractivity contribution is 5.89. The lowest BCUT2D eigenvalue weighted by Gasteiger charge is -2.26. The second-order valence-corrected chi connectivity index (χ2v) is 6.44. The van der Waals surface area contributed by atoms with Gasteiger partial charge >= 0.3 is 0 Å². The zero-order chi connectivity index (χ0) is 13.9. The van der Waals surface area contributed by atoms with Gasteiger partial charge in [-0.3, -0.25) is 9.59 Å². The summed E-state index contributed by atoms with van der Waals surface area (Å²) in [7, 11) is 0. The van der Waals surface area contributed by atoms with Gasteiger partial charge < -0.3 is 15.5 Å². The number of hydrogen-bond acceptors (Lipinski definition) is 3. The molecule has 0 radical (unpaired) electrons. The van der Waals surface area contributed by atoms with Crippen LogP contribution in [0.15, 0.2) is 0 Å². The molecular formula is C15H26ClN3O2. The minimum atomic E-state index is -0.134. The molecule has 2 atom stereocenters. The van der Waals surface area contributed by atoms with Crippen molar-refractivity contribution in [2.45, 2.75) is 57.0 Å². The van der Waals surface area contributed by atoms with E-state index in [1.54, 1.807) is 0 Å². The van der Waals surface area contributed by atoms with Gasteiger partial charge in [0.25, 0.3) is 0 Å². The summed E-state index contributed by atoms with van der Waals surface area (Å²) < 4.78 is 0. The second-order valence-electron chi connectivity index (χ2n) is 6.44. The van der Waals surface area contributed by atoms with E-state index in [4.69, 9.17) is 0 Å². The maximum Gasteiger partial charge on any atom is 0.225 e. The largest absolute Gasteiger partial charge is 0.352 e. The van der Waals surface area contributed by atoms with Crippen LogP contribution in [0.1, 0.15) is 44.9 Å². The fourth-order valence-electron chi connectivity index (χ4n) is 3.77. The summed E-state index contributed by atoms with van der Waals surface area (Å²) >= 11 is 0. The van der Waals surface area contributed by atoms with Crippen molar-refractivity contribution in [1.29, 1.82) is 0 Å². The van der Waals surface area contributed by atoms with Crippen molar-refractivity contribution in [1.82, 2.24) is 15.5 Å². The molecule has 0 aromatic heterocycles. The zero-order valence-corrected chi connectivity index (χ0v) is 13.3. The summed E-state index contributed by atoms with van der Waals surface area (Å²) in [5.74, 6) is 0.122. The molecule has 1 aliphatic carbocycles. The summed E-state index contributed by atoms with van der Waals surface area (Å²) in [6.07, 6.45) is 7.24. The molecule has 120 valence electrons. The van der Waals surface area contributed by atoms with Crippen molar-refractivity contribution >= 4 is 24.2 Å². The molecule has 0 bridgehead atoms. The van der Waals surface area contributed by atoms with Gasteiger partial charge in [-0.1, -0.05) is 12.8 Å². The van der Waals surface area contributed by atoms with Gasteiger partial charge in [0.2, 0.25) is 11.8 Å². The van der Waals surface area contributed by atoms with E-state index in [0.29, 0.717) is 19.0 Å². The van der Waals surface area contributed by atoms with Crippen LogP contribution >= 0.6 is 12.4 Å². The normalized spacial score (nSPS) is 30.3. The van der Waals surface area contributed by atoms with E-state index in [1.165, 1.54) is 12.8 Å². The van der Waals surface area contributed by atoms with Crippen molar-refractivity contribution in [3.05, 3.63) is 0 Å². The van der Waals surface area contributed by atoms with Crippen molar-refractivity contribution in [2.75, 3.05) is 19.6 Å². The average molecular weight is 316 g/mol. The Morgan fingerprint density at radius 2 is 1.95 bits per heavy atom. The SMILES string of the molecule is Cl.O=C(N[C@H]1CCCNC1)C1CC(=O)N(C2CCCC2)C1. The predicted octanol–water partition coefficient (Wildman–Crippen LogP) is 1.07. The first-order valence-corrected chi connectivity index (χ1v) is 8.04. The number of nitrogens with one attached hydrogen (secondary N) is 2. The van der Waals surface area contributed by atoms with Crippen LogP contribution in [0.5, 0.6) is 0 Å². The molecule has 2 aliphatic heterocycles. The van der Waals surface area contributed by atoms with Crippen LogP contribution < -0.4 is 10.6 Å². The van der Waals surface area contributed by atoms with Gasteiger partial charge in [-0.25, -0.2) is 0 Å². The van der Waals surface area contributed by atoms with E-state index in [1.807, 2.05) is 4.90 Å². The third-order valence-electron chi connectivity index (χ3n) is 4.94. The summed E-state index contributed by atoms with van der Waals surface area (Å²) in [6.45, 7) is 2.54. The van der Waals surface area contributed by atoms with Gasteiger partial charge in [-0.05, 0) is 32.2 Å². The maximum atomic E-state index is 12.3. The number of carbonyl (C=O) groups is 2. The number of halogens is 1. The molecule has 3 fully saturated rings. The molecule has 5 nitrogen and oxygen atoms in total. The lowest BCUT2D eigenvalue weighted by molar-refractivity contribution is -0.130. The molecular weight excluding hydrogens is 290 g/mol. The fraction of sp³-hybridized carbons (Fsp3) is 0.867. The van der Waals surface area contributed by atoms with E-state index in [2.05, 4.69) is 10.6 Å². The number of carbonyl (C=O) groups excluding carboxylic acids is 2. The third kappa shape index (κ3) is 3.89. The molecule has 2 N–H and O–H groups in total. The van der Waals surface area contributed by atoms with Crippen molar-refractivity contribution in [3.8, 4) is 0 Å². The van der Waals surface area contributed by atoms with Crippen LogP contribution in [0.4, 0.5) is 0 Å². The van der Waals surface area contributed by atoms with Gasteiger partial charge in [0, 0.05) is 31.6 Å². The quantitative estimate of drug-likeness (QED) is 0.819. The van der Waals surface area contributed by atoms with Crippen LogP contribution in [0.3, 0.4) is 0 Å². The number of nitrogens with zero attached hydrogens (tertiary/aromatic N) is 1. The number of rotatable bonds is 3. The molecule has 1 saturated carbocycles. The molecule has 1 unspecified atom stereocenters. The Labute approximate surface area is 132 Å². The van der Waals surface area contributed by atoms with Crippen molar-refractivity contribution < 1.29 is 9.59 Å². The molecule has 3 rings (SSSR count). The van der Waals surface area contributed by atoms with Crippen LogP contribution in [-0.2, 0) is 9.59 Å². The monoisotopic (exact) mass is 315 g/mol. The minimum absolute atomic E-state index is 0. The highest BCUT2D eigenvalue weighted by Gasteiger charge is 2.39. The Hall–Kier alpha value is -0.810. The third-order valence-corrected chi connectivity index (χ3v) is 4.94. The molecule has 21 heavy (non-hydrogen) atoms. The van der Waals surface area contributed by atoms with E-state index in [0.717, 1.165) is 38.8 Å². The Morgan fingerprint density at radius 3 is 2.62 bits per heavy atom. The Bertz CT molecular complexity index is 379. The molecule has 3 aliphatic rings. The van der Waals surface area contributed by atoms with E-state index < -0.39 is 0 Å². The number of amides is 2. The van der Waals surface area contributed by atoms with Gasteiger partial charge in [0.1, 0.15) is 0 Å². The zero-order valence-electron chi connectivity index (χ0n) is 12.5. The van der Waals surface area contributed by atoms with Crippen LogP contribution in [0, 0.1) is 5.92 Å². The smallest absolute Gasteiger partial charge is 0.225 e. The maximum absolute atomic E-state index is 12.3. The molecule has 6 heteroatoms. The molecule has 2 heterocycles. The van der Waals surface area contributed by atoms with Crippen LogP contribution in [0.2, 0.25) is 0 Å². The summed E-state index contributed by atoms with van der Waals surface area (Å²) in [5, 5.41) is 6.41. The lowest BCUT2D eigenvalue weighted by Crippen LogP contribution is -2.48. The second kappa shape index (κ2) is 7.45. The topological polar surface area (TPSA) is 61.4 Å². The highest BCUT2D eigenvalue weighted by atomic mass is 35.5. The Balaban J connectivity index is 0.00000161. The van der Waals surface area contributed by atoms with Crippen molar-refractivity contribution in [3.63, 3.8) is 0 Å². The van der Waals surface area contributed by atoms with E-state index in [-0.39, 0.29) is 36.2 Å². The lowest BCUT2D eigenvalue weighted by atomic mass is 10.0. The molecule has 2 saturated heterocycles. The predicted molar refractivity (Wildman–Crippen MR) is 83.4 cm³/mol. The molecule has 0 aromatic rings. The van der Waals surface area contributed by atoms with Gasteiger partial charge in [-0.2, -0.15) is 0 Å². The van der Waals surface area contributed by atoms with E-state index >= 15 is 0 Å². The fourth-order valence-corrected chi connectivity index (χ4v) is 3.77. The average Bonchev–Trinajstić information content (AvgIpc) is 3.08. The van der Waals surface area contributed by atoms with Crippen LogP contribution in [0.25, 0.3) is 0 Å². The Morgan fingerprint density at radius 1 is 1.19 bits per heavy atom. The number of likely N-dealkylation sites (tertiary alicyclic amines) is 1. The van der Waals surface area contributed by atoms with Gasteiger partial charge in [0.05, 0.1) is 5.92 Å². The standard InChI is InChI=1S/C15H25N3O2.ClH/c19-14-8-11(10-18(14)13-5-1-2-6-13)15(20)17-12-4-3-7-16-9-12;/h11-13,16H,1-10H2,(H,17,20);1H/t11?,12-;/m0./s1. The summed E-state index contributed by atoms with van der Waals surface area (Å²) in [5.41, 5.74) is 0. The number of piperidine rings is 1. The first-order chi connectivity index (χ1) is 9.74. The Kier molecular flexibility index (Phi) is 5.88. The summed E-state index contributed by atoms with van der Waals surface area (Å²) in [6, 6.07) is 0.642. The van der Waals surface area contributed by atoms with Gasteiger partial charge in [-0.15, -0.1) is 12.4 Å². The molecule has 2 amide bonds. The molecule has 0 aromatic carbocycles. The van der Waals surface area contributed by atoms with Crippen molar-refractivity contribution in [2.24, 2.45) is 5.92 Å². The molecule has 0 spiro atoms. The summed E-state index contributed by atoms with van der Waals surface area (Å²) in [4.78, 5) is 26.4. The first kappa shape index (κ1) is 16.6. The number of hydrogen-bond donors (Lipinski definition) is 2. The first-order valence-electron chi connectivity index (χ1n) is 8.04. The van der Waals surface area contributed by atoms with Gasteiger partial charge in [0.15, 0.2) is 0 Å².